The zero-order valence-electron chi connectivity index (χ0n) is 11.2. The number of rotatable bonds is 1. The van der Waals surface area contributed by atoms with Crippen LogP contribution in [0.4, 0.5) is 0 Å². The molecule has 0 N–H and O–H groups in total. The molecule has 0 unspecified atom stereocenters. The van der Waals surface area contributed by atoms with Crippen molar-refractivity contribution in [2.75, 3.05) is 13.2 Å². The molecule has 2 rings (SSSR count). The smallest absolute Gasteiger partial charge is 0.171 e. The van der Waals surface area contributed by atoms with Crippen LogP contribution in [0.3, 0.4) is 0 Å². The first kappa shape index (κ1) is 12.4. The molecule has 94 valence electrons. The van der Waals surface area contributed by atoms with Crippen LogP contribution in [-0.4, -0.2) is 19.0 Å². The normalized spacial score (nSPS) is 45.2. The third-order valence-corrected chi connectivity index (χ3v) is 4.20. The maximum atomic E-state index is 6.14. The molecule has 16 heavy (non-hydrogen) atoms. The van der Waals surface area contributed by atoms with Gasteiger partial charge in [-0.25, -0.2) is 0 Å². The summed E-state index contributed by atoms with van der Waals surface area (Å²) in [5, 5.41) is 0. The van der Waals surface area contributed by atoms with Crippen LogP contribution in [0.15, 0.2) is 0 Å². The molecule has 1 saturated heterocycles. The molecule has 2 nitrogen and oxygen atoms in total. The van der Waals surface area contributed by atoms with Gasteiger partial charge in [0.15, 0.2) is 5.79 Å². The van der Waals surface area contributed by atoms with E-state index >= 15 is 0 Å². The van der Waals surface area contributed by atoms with Crippen molar-refractivity contribution in [3.05, 3.63) is 0 Å². The van der Waals surface area contributed by atoms with E-state index in [2.05, 4.69) is 27.7 Å². The standard InChI is InChI=1S/C14H26O2/c1-10(2)13-6-5-11(3)7-14(13)15-8-12(4)9-16-14/h10-13H,5-9H2,1-4H3/t11-,12?,13+,14?/m1/s1. The molecule has 0 aromatic heterocycles. The third kappa shape index (κ3) is 2.28. The van der Waals surface area contributed by atoms with Crippen LogP contribution in [0.25, 0.3) is 0 Å². The molecule has 0 radical (unpaired) electrons. The van der Waals surface area contributed by atoms with Gasteiger partial charge in [0.05, 0.1) is 13.2 Å². The van der Waals surface area contributed by atoms with E-state index in [-0.39, 0.29) is 5.79 Å². The summed E-state index contributed by atoms with van der Waals surface area (Å²) >= 11 is 0. The Morgan fingerprint density at radius 1 is 1.00 bits per heavy atom. The van der Waals surface area contributed by atoms with E-state index in [1.165, 1.54) is 12.8 Å². The lowest BCUT2D eigenvalue weighted by Gasteiger charge is -2.50. The van der Waals surface area contributed by atoms with Gasteiger partial charge in [-0.3, -0.25) is 0 Å². The van der Waals surface area contributed by atoms with Gasteiger partial charge in [0.1, 0.15) is 0 Å². The fourth-order valence-corrected chi connectivity index (χ4v) is 3.25. The van der Waals surface area contributed by atoms with Crippen molar-refractivity contribution < 1.29 is 9.47 Å². The van der Waals surface area contributed by atoms with E-state index in [9.17, 15) is 0 Å². The minimum Gasteiger partial charge on any atom is -0.349 e. The lowest BCUT2D eigenvalue weighted by molar-refractivity contribution is -0.328. The second kappa shape index (κ2) is 4.66. The molecule has 1 aliphatic carbocycles. The molecule has 1 saturated carbocycles. The predicted molar refractivity (Wildman–Crippen MR) is 65.1 cm³/mol. The Kier molecular flexibility index (Phi) is 3.60. The Labute approximate surface area is 99.7 Å². The average Bonchev–Trinajstić information content (AvgIpc) is 2.22. The van der Waals surface area contributed by atoms with Crippen molar-refractivity contribution in [1.29, 1.82) is 0 Å². The monoisotopic (exact) mass is 226 g/mol. The van der Waals surface area contributed by atoms with Gasteiger partial charge in [-0.15, -0.1) is 0 Å². The third-order valence-electron chi connectivity index (χ3n) is 4.20. The van der Waals surface area contributed by atoms with E-state index in [4.69, 9.17) is 9.47 Å². The van der Waals surface area contributed by atoms with Gasteiger partial charge >= 0.3 is 0 Å². The van der Waals surface area contributed by atoms with Crippen LogP contribution in [0, 0.1) is 23.7 Å². The Bertz CT molecular complexity index is 229. The number of ether oxygens (including phenoxy) is 2. The van der Waals surface area contributed by atoms with Crippen molar-refractivity contribution in [2.45, 2.75) is 52.7 Å². The summed E-state index contributed by atoms with van der Waals surface area (Å²) in [5.74, 6) is 2.27. The minimum atomic E-state index is -0.252. The SMILES string of the molecule is CC1COC2(C[C@H](C)CC[C@H]2C(C)C)OC1. The quantitative estimate of drug-likeness (QED) is 0.681. The maximum Gasteiger partial charge on any atom is 0.171 e. The molecule has 0 aromatic carbocycles. The molecule has 2 aliphatic rings. The topological polar surface area (TPSA) is 18.5 Å². The van der Waals surface area contributed by atoms with Gasteiger partial charge in [0.25, 0.3) is 0 Å². The maximum absolute atomic E-state index is 6.14. The lowest BCUT2D eigenvalue weighted by atomic mass is 9.72. The van der Waals surface area contributed by atoms with E-state index in [0.29, 0.717) is 17.8 Å². The van der Waals surface area contributed by atoms with Crippen LogP contribution < -0.4 is 0 Å². The molecular weight excluding hydrogens is 200 g/mol. The van der Waals surface area contributed by atoms with E-state index < -0.39 is 0 Å². The van der Waals surface area contributed by atoms with Crippen molar-refractivity contribution in [3.8, 4) is 0 Å². The van der Waals surface area contributed by atoms with E-state index in [1.54, 1.807) is 0 Å². The minimum absolute atomic E-state index is 0.252. The summed E-state index contributed by atoms with van der Waals surface area (Å²) in [4.78, 5) is 0. The Morgan fingerprint density at radius 3 is 2.19 bits per heavy atom. The largest absolute Gasteiger partial charge is 0.349 e. The first-order chi connectivity index (χ1) is 7.53. The summed E-state index contributed by atoms with van der Waals surface area (Å²) in [6, 6.07) is 0. The molecule has 2 atom stereocenters. The van der Waals surface area contributed by atoms with Crippen molar-refractivity contribution in [3.63, 3.8) is 0 Å². The van der Waals surface area contributed by atoms with Crippen LogP contribution in [0.5, 0.6) is 0 Å². The number of hydrogen-bond acceptors (Lipinski definition) is 2. The fraction of sp³-hybridized carbons (Fsp3) is 1.00. The second-order valence-electron chi connectivity index (χ2n) is 6.28. The highest BCUT2D eigenvalue weighted by atomic mass is 16.7. The fourth-order valence-electron chi connectivity index (χ4n) is 3.25. The average molecular weight is 226 g/mol. The van der Waals surface area contributed by atoms with E-state index in [0.717, 1.165) is 25.6 Å². The highest BCUT2D eigenvalue weighted by Crippen LogP contribution is 2.45. The Balaban J connectivity index is 2.12. The van der Waals surface area contributed by atoms with Gasteiger partial charge in [-0.1, -0.05) is 34.1 Å². The Morgan fingerprint density at radius 2 is 1.62 bits per heavy atom. The summed E-state index contributed by atoms with van der Waals surface area (Å²) in [7, 11) is 0. The Hall–Kier alpha value is -0.0800. The highest BCUT2D eigenvalue weighted by molar-refractivity contribution is 4.90. The molecule has 1 heterocycles. The van der Waals surface area contributed by atoms with Gasteiger partial charge < -0.3 is 9.47 Å². The molecular formula is C14H26O2. The molecule has 0 bridgehead atoms. The summed E-state index contributed by atoms with van der Waals surface area (Å²) in [5.41, 5.74) is 0. The zero-order chi connectivity index (χ0) is 11.8. The summed E-state index contributed by atoms with van der Waals surface area (Å²) < 4.78 is 12.3. The first-order valence-electron chi connectivity index (χ1n) is 6.81. The molecule has 1 spiro atoms. The number of hydrogen-bond donors (Lipinski definition) is 0. The van der Waals surface area contributed by atoms with Crippen molar-refractivity contribution >= 4 is 0 Å². The second-order valence-corrected chi connectivity index (χ2v) is 6.28. The van der Waals surface area contributed by atoms with Crippen molar-refractivity contribution in [1.82, 2.24) is 0 Å². The van der Waals surface area contributed by atoms with E-state index in [1.807, 2.05) is 0 Å². The molecule has 2 heteroatoms. The molecule has 0 amide bonds. The van der Waals surface area contributed by atoms with Crippen molar-refractivity contribution in [2.24, 2.45) is 23.7 Å². The summed E-state index contributed by atoms with van der Waals surface area (Å²) in [6.45, 7) is 10.9. The van der Waals surface area contributed by atoms with Crippen LogP contribution >= 0.6 is 0 Å². The van der Waals surface area contributed by atoms with Crippen LogP contribution in [0.1, 0.15) is 47.0 Å². The first-order valence-corrected chi connectivity index (χ1v) is 6.81. The van der Waals surface area contributed by atoms with Gasteiger partial charge in [0, 0.05) is 18.3 Å². The molecule has 1 aliphatic heterocycles. The highest BCUT2D eigenvalue weighted by Gasteiger charge is 2.48. The molecule has 0 aromatic rings. The van der Waals surface area contributed by atoms with Gasteiger partial charge in [0.2, 0.25) is 0 Å². The molecule has 2 fully saturated rings. The summed E-state index contributed by atoms with van der Waals surface area (Å²) in [6.07, 6.45) is 3.67. The lowest BCUT2D eigenvalue weighted by Crippen LogP contribution is -2.53. The van der Waals surface area contributed by atoms with Crippen LogP contribution in [-0.2, 0) is 9.47 Å². The van der Waals surface area contributed by atoms with Gasteiger partial charge in [-0.05, 0) is 18.3 Å². The van der Waals surface area contributed by atoms with Crippen LogP contribution in [0.2, 0.25) is 0 Å². The van der Waals surface area contributed by atoms with Gasteiger partial charge in [-0.2, -0.15) is 0 Å². The predicted octanol–water partition coefficient (Wildman–Crippen LogP) is 3.46. The zero-order valence-corrected chi connectivity index (χ0v) is 11.2.